The van der Waals surface area contributed by atoms with Crippen LogP contribution in [0.15, 0.2) is 53.7 Å². The van der Waals surface area contributed by atoms with Crippen molar-refractivity contribution in [2.75, 3.05) is 13.2 Å². The van der Waals surface area contributed by atoms with Gasteiger partial charge >= 0.3 is 0 Å². The second kappa shape index (κ2) is 6.78. The molecule has 0 radical (unpaired) electrons. The maximum Gasteiger partial charge on any atom is 0.245 e. The van der Waals surface area contributed by atoms with E-state index in [2.05, 4.69) is 11.1 Å². The molecular weight excluding hydrogens is 312 g/mol. The predicted octanol–water partition coefficient (Wildman–Crippen LogP) is 2.14. The summed E-state index contributed by atoms with van der Waals surface area (Å²) in [7, 11) is -3.69. The average molecular weight is 332 g/mol. The lowest BCUT2D eigenvalue weighted by Gasteiger charge is -2.34. The number of aliphatic hydroxyl groups excluding tert-OH is 1. The molecule has 2 aromatic rings. The Morgan fingerprint density at radius 2 is 2.04 bits per heavy atom. The number of hydrogen-bond acceptors (Lipinski definition) is 4. The molecule has 23 heavy (non-hydrogen) atoms. The van der Waals surface area contributed by atoms with Gasteiger partial charge in [0.25, 0.3) is 0 Å². The molecule has 1 N–H and O–H groups in total. The molecule has 0 aliphatic heterocycles. The summed E-state index contributed by atoms with van der Waals surface area (Å²) in [6.45, 7) is -0.131. The van der Waals surface area contributed by atoms with E-state index in [1.165, 1.54) is 16.1 Å². The third kappa shape index (κ3) is 3.15. The number of fused-ring (bicyclic) bond motifs is 1. The molecule has 1 atom stereocenters. The molecule has 0 amide bonds. The SMILES string of the molecule is O=S(=O)(c1cccnc1)N(CCO)C1CCCc2ccccc21. The number of aromatic nitrogens is 1. The number of hydrogen-bond donors (Lipinski definition) is 1. The molecule has 5 nitrogen and oxygen atoms in total. The molecule has 1 aliphatic carbocycles. The molecule has 1 unspecified atom stereocenters. The van der Waals surface area contributed by atoms with Crippen LogP contribution in [0.5, 0.6) is 0 Å². The Balaban J connectivity index is 2.04. The van der Waals surface area contributed by atoms with Crippen LogP contribution in [0.3, 0.4) is 0 Å². The molecule has 1 heterocycles. The highest BCUT2D eigenvalue weighted by Gasteiger charge is 2.34. The molecule has 1 aromatic carbocycles. The van der Waals surface area contributed by atoms with Crippen molar-refractivity contribution in [1.29, 1.82) is 0 Å². The predicted molar refractivity (Wildman–Crippen MR) is 87.3 cm³/mol. The standard InChI is InChI=1S/C17H20N2O3S/c20-12-11-19(23(21,22)15-7-4-10-18-13-15)17-9-3-6-14-5-1-2-8-16(14)17/h1-2,4-5,7-8,10,13,17,20H,3,6,9,11-12H2. The number of aliphatic hydroxyl groups is 1. The summed E-state index contributed by atoms with van der Waals surface area (Å²) in [5.74, 6) is 0. The van der Waals surface area contributed by atoms with E-state index in [-0.39, 0.29) is 24.1 Å². The van der Waals surface area contributed by atoms with Crippen molar-refractivity contribution in [3.63, 3.8) is 0 Å². The molecule has 0 saturated heterocycles. The van der Waals surface area contributed by atoms with Crippen molar-refractivity contribution < 1.29 is 13.5 Å². The largest absolute Gasteiger partial charge is 0.395 e. The van der Waals surface area contributed by atoms with E-state index in [4.69, 9.17) is 0 Å². The van der Waals surface area contributed by atoms with Crippen LogP contribution in [-0.4, -0.2) is 36.0 Å². The van der Waals surface area contributed by atoms with Gasteiger partial charge in [0.2, 0.25) is 10.0 Å². The third-order valence-electron chi connectivity index (χ3n) is 4.25. The topological polar surface area (TPSA) is 70.5 Å². The molecular formula is C17H20N2O3S. The van der Waals surface area contributed by atoms with Gasteiger partial charge < -0.3 is 5.11 Å². The monoisotopic (exact) mass is 332 g/mol. The van der Waals surface area contributed by atoms with E-state index in [0.29, 0.717) is 0 Å². The van der Waals surface area contributed by atoms with Crippen LogP contribution in [0.1, 0.15) is 30.0 Å². The van der Waals surface area contributed by atoms with E-state index in [1.54, 1.807) is 18.3 Å². The summed E-state index contributed by atoms with van der Waals surface area (Å²) < 4.78 is 27.4. The Bertz CT molecular complexity index is 762. The lowest BCUT2D eigenvalue weighted by Crippen LogP contribution is -2.38. The van der Waals surface area contributed by atoms with Gasteiger partial charge in [-0.05, 0) is 42.5 Å². The number of benzene rings is 1. The number of rotatable bonds is 5. The summed E-state index contributed by atoms with van der Waals surface area (Å²) in [6, 6.07) is 10.9. The summed E-state index contributed by atoms with van der Waals surface area (Å²) in [6.07, 6.45) is 5.56. The molecule has 0 fully saturated rings. The average Bonchev–Trinajstić information content (AvgIpc) is 2.60. The van der Waals surface area contributed by atoms with Gasteiger partial charge in [-0.2, -0.15) is 4.31 Å². The molecule has 0 saturated carbocycles. The Labute approximate surface area is 136 Å². The highest BCUT2D eigenvalue weighted by atomic mass is 32.2. The van der Waals surface area contributed by atoms with Crippen molar-refractivity contribution in [2.24, 2.45) is 0 Å². The van der Waals surface area contributed by atoms with Gasteiger partial charge in [0.15, 0.2) is 0 Å². The first kappa shape index (κ1) is 16.1. The van der Waals surface area contributed by atoms with Gasteiger partial charge in [0.05, 0.1) is 12.6 Å². The third-order valence-corrected chi connectivity index (χ3v) is 6.14. The molecule has 122 valence electrons. The van der Waals surface area contributed by atoms with Gasteiger partial charge in [0, 0.05) is 18.9 Å². The molecule has 6 heteroatoms. The summed E-state index contributed by atoms with van der Waals surface area (Å²) in [4.78, 5) is 4.08. The van der Waals surface area contributed by atoms with E-state index in [1.807, 2.05) is 18.2 Å². The van der Waals surface area contributed by atoms with Gasteiger partial charge in [-0.1, -0.05) is 24.3 Å². The normalized spacial score (nSPS) is 17.9. The van der Waals surface area contributed by atoms with Crippen LogP contribution in [0, 0.1) is 0 Å². The number of pyridine rings is 1. The maximum atomic E-state index is 13.0. The van der Waals surface area contributed by atoms with E-state index >= 15 is 0 Å². The quantitative estimate of drug-likeness (QED) is 0.911. The fourth-order valence-corrected chi connectivity index (χ4v) is 4.80. The molecule has 0 bridgehead atoms. The highest BCUT2D eigenvalue weighted by Crippen LogP contribution is 2.36. The first-order valence-corrected chi connectivity index (χ1v) is 9.19. The lowest BCUT2D eigenvalue weighted by atomic mass is 9.88. The minimum absolute atomic E-state index is 0.0796. The van der Waals surface area contributed by atoms with E-state index in [9.17, 15) is 13.5 Å². The van der Waals surface area contributed by atoms with Crippen molar-refractivity contribution in [1.82, 2.24) is 9.29 Å². The number of aryl methyl sites for hydroxylation is 1. The van der Waals surface area contributed by atoms with Gasteiger partial charge in [-0.15, -0.1) is 0 Å². The summed E-state index contributed by atoms with van der Waals surface area (Å²) in [5, 5.41) is 9.40. The molecule has 1 aromatic heterocycles. The van der Waals surface area contributed by atoms with Crippen LogP contribution in [0.4, 0.5) is 0 Å². The van der Waals surface area contributed by atoms with Gasteiger partial charge in [-0.25, -0.2) is 8.42 Å². The van der Waals surface area contributed by atoms with Crippen LogP contribution >= 0.6 is 0 Å². The van der Waals surface area contributed by atoms with Crippen molar-refractivity contribution in [3.05, 3.63) is 59.9 Å². The zero-order valence-corrected chi connectivity index (χ0v) is 13.6. The van der Waals surface area contributed by atoms with Crippen LogP contribution in [0.2, 0.25) is 0 Å². The second-order valence-corrected chi connectivity index (χ2v) is 7.53. The zero-order chi connectivity index (χ0) is 16.3. The second-order valence-electron chi connectivity index (χ2n) is 5.63. The van der Waals surface area contributed by atoms with Gasteiger partial charge in [0.1, 0.15) is 4.90 Å². The molecule has 3 rings (SSSR count). The van der Waals surface area contributed by atoms with E-state index in [0.717, 1.165) is 24.8 Å². The fourth-order valence-electron chi connectivity index (χ4n) is 3.20. The zero-order valence-electron chi connectivity index (χ0n) is 12.8. The smallest absolute Gasteiger partial charge is 0.245 e. The Morgan fingerprint density at radius 1 is 1.22 bits per heavy atom. The van der Waals surface area contributed by atoms with Crippen LogP contribution in [-0.2, 0) is 16.4 Å². The van der Waals surface area contributed by atoms with Crippen molar-refractivity contribution in [2.45, 2.75) is 30.2 Å². The Hall–Kier alpha value is -1.76. The van der Waals surface area contributed by atoms with Crippen LogP contribution < -0.4 is 0 Å². The summed E-state index contributed by atoms with van der Waals surface area (Å²) in [5.41, 5.74) is 2.23. The van der Waals surface area contributed by atoms with E-state index < -0.39 is 10.0 Å². The van der Waals surface area contributed by atoms with Crippen molar-refractivity contribution >= 4 is 10.0 Å². The Kier molecular flexibility index (Phi) is 4.75. The lowest BCUT2D eigenvalue weighted by molar-refractivity contribution is 0.215. The maximum absolute atomic E-state index is 13.0. The number of nitrogens with zero attached hydrogens (tertiary/aromatic N) is 2. The van der Waals surface area contributed by atoms with Crippen LogP contribution in [0.25, 0.3) is 0 Å². The fraction of sp³-hybridized carbons (Fsp3) is 0.353. The summed E-state index contributed by atoms with van der Waals surface area (Å²) >= 11 is 0. The molecule has 1 aliphatic rings. The highest BCUT2D eigenvalue weighted by molar-refractivity contribution is 7.89. The minimum atomic E-state index is -3.69. The van der Waals surface area contributed by atoms with Gasteiger partial charge in [-0.3, -0.25) is 4.98 Å². The first-order chi connectivity index (χ1) is 11.1. The number of sulfonamides is 1. The van der Waals surface area contributed by atoms with Crippen molar-refractivity contribution in [3.8, 4) is 0 Å². The minimum Gasteiger partial charge on any atom is -0.395 e. The molecule has 0 spiro atoms. The Morgan fingerprint density at radius 3 is 2.78 bits per heavy atom. The first-order valence-electron chi connectivity index (χ1n) is 7.75.